The van der Waals surface area contributed by atoms with Crippen LogP contribution >= 0.6 is 0 Å². The average molecular weight is 264 g/mol. The lowest BCUT2D eigenvalue weighted by molar-refractivity contribution is 0.0383. The molecule has 0 saturated heterocycles. The molecule has 2 rings (SSSR count). The van der Waals surface area contributed by atoms with Gasteiger partial charge in [-0.15, -0.1) is 0 Å². The van der Waals surface area contributed by atoms with Crippen molar-refractivity contribution in [1.82, 2.24) is 4.98 Å². The molecule has 0 radical (unpaired) electrons. The Bertz CT molecular complexity index is 628. The smallest absolute Gasteiger partial charge is 0.150 e. The second-order valence-corrected chi connectivity index (χ2v) is 5.60. The SMILES string of the molecule is BC(O)(c1ccc(-c2ccccn2)cc1)C(C)(C)C#N. The minimum Gasteiger partial charge on any atom is -0.393 e. The molecule has 0 amide bonds. The molecule has 0 spiro atoms. The standard InChI is InChI=1S/C16H17BN2O/c1-15(2,11-18)16(17,20)13-8-6-12(7-9-13)14-5-3-4-10-19-14/h3-10,20H,17H2,1-2H3. The highest BCUT2D eigenvalue weighted by atomic mass is 16.3. The first kappa shape index (κ1) is 14.3. The van der Waals surface area contributed by atoms with E-state index < -0.39 is 10.9 Å². The zero-order chi connectivity index (χ0) is 14.8. The zero-order valence-corrected chi connectivity index (χ0v) is 12.0. The lowest BCUT2D eigenvalue weighted by atomic mass is 9.60. The third-order valence-electron chi connectivity index (χ3n) is 3.90. The van der Waals surface area contributed by atoms with Gasteiger partial charge in [-0.05, 0) is 31.5 Å². The summed E-state index contributed by atoms with van der Waals surface area (Å²) in [5.41, 5.74) is 0.533. The molecule has 4 heteroatoms. The number of nitrogens with zero attached hydrogens (tertiary/aromatic N) is 2. The third-order valence-corrected chi connectivity index (χ3v) is 3.90. The number of benzene rings is 1. The van der Waals surface area contributed by atoms with E-state index in [-0.39, 0.29) is 0 Å². The highest BCUT2D eigenvalue weighted by Crippen LogP contribution is 2.36. The Morgan fingerprint density at radius 1 is 1.15 bits per heavy atom. The van der Waals surface area contributed by atoms with Gasteiger partial charge in [-0.2, -0.15) is 5.26 Å². The molecule has 1 unspecified atom stereocenters. The molecule has 1 aromatic heterocycles. The fourth-order valence-electron chi connectivity index (χ4n) is 1.97. The second kappa shape index (κ2) is 5.11. The molecule has 0 aliphatic heterocycles. The summed E-state index contributed by atoms with van der Waals surface area (Å²) in [6, 6.07) is 15.4. The van der Waals surface area contributed by atoms with Gasteiger partial charge >= 0.3 is 0 Å². The summed E-state index contributed by atoms with van der Waals surface area (Å²) in [6.07, 6.45) is 1.75. The lowest BCUT2D eigenvalue weighted by Gasteiger charge is -2.35. The van der Waals surface area contributed by atoms with Crippen molar-refractivity contribution in [2.24, 2.45) is 5.41 Å². The maximum atomic E-state index is 10.6. The first-order chi connectivity index (χ1) is 9.38. The summed E-state index contributed by atoms with van der Waals surface area (Å²) in [4.78, 5) is 4.29. The van der Waals surface area contributed by atoms with E-state index >= 15 is 0 Å². The lowest BCUT2D eigenvalue weighted by Crippen LogP contribution is -2.41. The van der Waals surface area contributed by atoms with Crippen molar-refractivity contribution in [1.29, 1.82) is 5.26 Å². The topological polar surface area (TPSA) is 56.9 Å². The normalized spacial score (nSPS) is 14.3. The minimum absolute atomic E-state index is 0.726. The molecule has 0 fully saturated rings. The molecular formula is C16H17BN2O. The second-order valence-electron chi connectivity index (χ2n) is 5.60. The van der Waals surface area contributed by atoms with Crippen molar-refractivity contribution in [2.45, 2.75) is 19.3 Å². The van der Waals surface area contributed by atoms with Gasteiger partial charge in [0.25, 0.3) is 0 Å². The molecule has 100 valence electrons. The molecule has 2 aromatic rings. The van der Waals surface area contributed by atoms with Crippen LogP contribution in [0.3, 0.4) is 0 Å². The fraction of sp³-hybridized carbons (Fsp3) is 0.250. The van der Waals surface area contributed by atoms with E-state index in [1.54, 1.807) is 27.9 Å². The summed E-state index contributed by atoms with van der Waals surface area (Å²) in [5, 5.41) is 19.8. The molecule has 0 bridgehead atoms. The van der Waals surface area contributed by atoms with E-state index in [1.807, 2.05) is 42.5 Å². The molecule has 3 nitrogen and oxygen atoms in total. The van der Waals surface area contributed by atoms with Crippen LogP contribution in [0.15, 0.2) is 48.7 Å². The van der Waals surface area contributed by atoms with Crippen LogP contribution in [0.1, 0.15) is 19.4 Å². The number of pyridine rings is 1. The van der Waals surface area contributed by atoms with Crippen molar-refractivity contribution in [3.63, 3.8) is 0 Å². The van der Waals surface area contributed by atoms with Gasteiger partial charge in [0.1, 0.15) is 0 Å². The van der Waals surface area contributed by atoms with E-state index in [0.29, 0.717) is 0 Å². The van der Waals surface area contributed by atoms with Gasteiger partial charge in [0.2, 0.25) is 0 Å². The first-order valence-corrected chi connectivity index (χ1v) is 6.54. The van der Waals surface area contributed by atoms with Gasteiger partial charge < -0.3 is 5.11 Å². The molecular weight excluding hydrogens is 247 g/mol. The number of rotatable bonds is 3. The summed E-state index contributed by atoms with van der Waals surface area (Å²) >= 11 is 0. The Kier molecular flexibility index (Phi) is 3.65. The third kappa shape index (κ3) is 2.45. The highest BCUT2D eigenvalue weighted by molar-refractivity contribution is 6.15. The number of aromatic nitrogens is 1. The van der Waals surface area contributed by atoms with Gasteiger partial charge in [0.15, 0.2) is 7.85 Å². The Hall–Kier alpha value is -2.12. The maximum absolute atomic E-state index is 10.6. The van der Waals surface area contributed by atoms with Crippen LogP contribution in [-0.2, 0) is 5.50 Å². The Balaban J connectivity index is 2.37. The van der Waals surface area contributed by atoms with Gasteiger partial charge in [-0.3, -0.25) is 4.98 Å². The molecule has 1 atom stereocenters. The molecule has 1 heterocycles. The van der Waals surface area contributed by atoms with Crippen molar-refractivity contribution in [3.8, 4) is 17.3 Å². The summed E-state index contributed by atoms with van der Waals surface area (Å²) in [6.45, 7) is 3.47. The Labute approximate surface area is 120 Å². The fourth-order valence-corrected chi connectivity index (χ4v) is 1.97. The maximum Gasteiger partial charge on any atom is 0.150 e. The first-order valence-electron chi connectivity index (χ1n) is 6.54. The highest BCUT2D eigenvalue weighted by Gasteiger charge is 2.40. The summed E-state index contributed by atoms with van der Waals surface area (Å²) in [5.74, 6) is 0. The predicted octanol–water partition coefficient (Wildman–Crippen LogP) is 2.08. The molecule has 1 aromatic carbocycles. The molecule has 1 N–H and O–H groups in total. The van der Waals surface area contributed by atoms with Crippen LogP contribution < -0.4 is 0 Å². The van der Waals surface area contributed by atoms with Crippen LogP contribution in [-0.4, -0.2) is 17.9 Å². The average Bonchev–Trinajstić information content (AvgIpc) is 2.48. The number of aliphatic hydroxyl groups is 1. The Morgan fingerprint density at radius 2 is 1.80 bits per heavy atom. The van der Waals surface area contributed by atoms with Crippen molar-refractivity contribution >= 4 is 7.85 Å². The molecule has 0 aliphatic carbocycles. The van der Waals surface area contributed by atoms with Crippen LogP contribution in [0.25, 0.3) is 11.3 Å². The van der Waals surface area contributed by atoms with Crippen LogP contribution in [0.2, 0.25) is 0 Å². The van der Waals surface area contributed by atoms with E-state index in [2.05, 4.69) is 11.1 Å². The van der Waals surface area contributed by atoms with Crippen molar-refractivity contribution in [2.75, 3.05) is 0 Å². The van der Waals surface area contributed by atoms with E-state index in [1.165, 1.54) is 0 Å². The quantitative estimate of drug-likeness (QED) is 0.863. The van der Waals surface area contributed by atoms with Crippen LogP contribution in [0, 0.1) is 16.7 Å². The predicted molar refractivity (Wildman–Crippen MR) is 81.5 cm³/mol. The largest absolute Gasteiger partial charge is 0.393 e. The molecule has 20 heavy (non-hydrogen) atoms. The monoisotopic (exact) mass is 264 g/mol. The van der Waals surface area contributed by atoms with Gasteiger partial charge in [-0.1, -0.05) is 30.3 Å². The van der Waals surface area contributed by atoms with Crippen LogP contribution in [0.5, 0.6) is 0 Å². The van der Waals surface area contributed by atoms with Gasteiger partial charge in [0.05, 0.1) is 22.7 Å². The number of nitriles is 1. The van der Waals surface area contributed by atoms with E-state index in [0.717, 1.165) is 16.8 Å². The van der Waals surface area contributed by atoms with Gasteiger partial charge in [-0.25, -0.2) is 0 Å². The van der Waals surface area contributed by atoms with Crippen LogP contribution in [0.4, 0.5) is 0 Å². The van der Waals surface area contributed by atoms with Crippen molar-refractivity contribution in [3.05, 3.63) is 54.2 Å². The molecule has 0 aliphatic rings. The summed E-state index contributed by atoms with van der Waals surface area (Å²) in [7, 11) is 1.67. The summed E-state index contributed by atoms with van der Waals surface area (Å²) < 4.78 is 0. The Morgan fingerprint density at radius 3 is 2.30 bits per heavy atom. The van der Waals surface area contributed by atoms with Gasteiger partial charge in [0, 0.05) is 11.8 Å². The number of hydrogen-bond acceptors (Lipinski definition) is 3. The van der Waals surface area contributed by atoms with E-state index in [9.17, 15) is 10.4 Å². The minimum atomic E-state index is -1.20. The zero-order valence-electron chi connectivity index (χ0n) is 12.0. The van der Waals surface area contributed by atoms with Crippen molar-refractivity contribution < 1.29 is 5.11 Å². The molecule has 0 saturated carbocycles. The van der Waals surface area contributed by atoms with E-state index in [4.69, 9.17) is 0 Å². The number of hydrogen-bond donors (Lipinski definition) is 1.